The number of hydrogen-bond acceptors (Lipinski definition) is 3. The van der Waals surface area contributed by atoms with Gasteiger partial charge in [0.2, 0.25) is 5.88 Å². The summed E-state index contributed by atoms with van der Waals surface area (Å²) in [5, 5.41) is 14.3. The summed E-state index contributed by atoms with van der Waals surface area (Å²) < 4.78 is 1.26. The lowest BCUT2D eigenvalue weighted by atomic mass is 9.95. The van der Waals surface area contributed by atoms with Gasteiger partial charge in [0.05, 0.1) is 18.3 Å². The monoisotopic (exact) mass is 403 g/mol. The summed E-state index contributed by atoms with van der Waals surface area (Å²) in [6.45, 7) is 2.61. The highest BCUT2D eigenvalue weighted by Crippen LogP contribution is 2.33. The van der Waals surface area contributed by atoms with Gasteiger partial charge in [0.1, 0.15) is 5.56 Å². The van der Waals surface area contributed by atoms with Crippen molar-refractivity contribution in [1.82, 2.24) is 14.5 Å². The summed E-state index contributed by atoms with van der Waals surface area (Å²) in [5.74, 6) is -0.284. The maximum atomic E-state index is 12.8. The van der Waals surface area contributed by atoms with Crippen molar-refractivity contribution in [3.63, 3.8) is 0 Å². The Hall–Kier alpha value is -3.58. The van der Waals surface area contributed by atoms with Gasteiger partial charge in [-0.3, -0.25) is 14.3 Å². The molecule has 0 spiro atoms. The smallest absolute Gasteiger partial charge is 0.331 e. The van der Waals surface area contributed by atoms with Gasteiger partial charge in [0.15, 0.2) is 6.04 Å². The van der Waals surface area contributed by atoms with E-state index in [1.165, 1.54) is 4.57 Å². The molecule has 1 aliphatic heterocycles. The third kappa shape index (κ3) is 2.78. The fraction of sp³-hybridized carbons (Fsp3) is 0.217. The van der Waals surface area contributed by atoms with Crippen molar-refractivity contribution in [2.24, 2.45) is 0 Å². The van der Waals surface area contributed by atoms with Crippen LogP contribution in [0.25, 0.3) is 10.9 Å². The number of nitrogens with zero attached hydrogens (tertiary/aromatic N) is 1. The van der Waals surface area contributed by atoms with Crippen molar-refractivity contribution in [2.45, 2.75) is 25.4 Å². The summed E-state index contributed by atoms with van der Waals surface area (Å²) in [5.41, 5.74) is 2.96. The minimum atomic E-state index is -0.620. The molecule has 30 heavy (non-hydrogen) atoms. The molecular weight excluding hydrogens is 380 g/mol. The van der Waals surface area contributed by atoms with E-state index in [4.69, 9.17) is 0 Å². The third-order valence-electron chi connectivity index (χ3n) is 6.09. The Labute approximate surface area is 172 Å². The van der Waals surface area contributed by atoms with Crippen LogP contribution in [0.1, 0.15) is 41.4 Å². The molecule has 0 aliphatic carbocycles. The second-order valence-electron chi connectivity index (χ2n) is 7.77. The average molecular weight is 403 g/mol. The molecule has 0 saturated carbocycles. The van der Waals surface area contributed by atoms with Gasteiger partial charge < -0.3 is 15.4 Å². The van der Waals surface area contributed by atoms with Crippen LogP contribution < -0.4 is 16.6 Å². The van der Waals surface area contributed by atoms with Crippen LogP contribution >= 0.6 is 0 Å². The van der Waals surface area contributed by atoms with Crippen molar-refractivity contribution < 1.29 is 10.4 Å². The van der Waals surface area contributed by atoms with Gasteiger partial charge in [0, 0.05) is 17.3 Å². The molecule has 1 aliphatic rings. The van der Waals surface area contributed by atoms with Crippen molar-refractivity contribution in [3.8, 4) is 5.88 Å². The molecule has 0 radical (unpaired) electrons. The van der Waals surface area contributed by atoms with E-state index in [-0.39, 0.29) is 11.4 Å². The quantitative estimate of drug-likeness (QED) is 0.417. The molecule has 0 bridgehead atoms. The molecule has 4 aromatic rings. The molecular formula is C23H23N4O3+. The van der Waals surface area contributed by atoms with Crippen molar-refractivity contribution in [1.29, 1.82) is 0 Å². The number of benzene rings is 2. The van der Waals surface area contributed by atoms with Gasteiger partial charge in [-0.05, 0) is 24.1 Å². The zero-order valence-electron chi connectivity index (χ0n) is 16.6. The number of aromatic amines is 2. The Morgan fingerprint density at radius 1 is 1.07 bits per heavy atom. The van der Waals surface area contributed by atoms with Crippen LogP contribution in [0.3, 0.4) is 0 Å². The summed E-state index contributed by atoms with van der Waals surface area (Å²) in [6, 6.07) is 16.6. The van der Waals surface area contributed by atoms with Crippen LogP contribution in [0.4, 0.5) is 0 Å². The highest BCUT2D eigenvalue weighted by atomic mass is 16.3. The lowest BCUT2D eigenvalue weighted by Crippen LogP contribution is -2.87. The number of quaternary nitrogens is 1. The van der Waals surface area contributed by atoms with Gasteiger partial charge in [-0.15, -0.1) is 0 Å². The number of nitrogens with one attached hydrogen (secondary N) is 2. The lowest BCUT2D eigenvalue weighted by molar-refractivity contribution is -0.690. The van der Waals surface area contributed by atoms with Gasteiger partial charge in [-0.2, -0.15) is 0 Å². The molecule has 0 fully saturated rings. The average Bonchev–Trinajstić information content (AvgIpc) is 3.13. The molecule has 5 rings (SSSR count). The number of fused-ring (bicyclic) bond motifs is 3. The highest BCUT2D eigenvalue weighted by Gasteiger charge is 2.34. The largest absolute Gasteiger partial charge is 0.494 e. The maximum absolute atomic E-state index is 12.8. The first-order valence-corrected chi connectivity index (χ1v) is 10.1. The maximum Gasteiger partial charge on any atom is 0.331 e. The van der Waals surface area contributed by atoms with Gasteiger partial charge >= 0.3 is 5.69 Å². The molecule has 2 aromatic carbocycles. The Morgan fingerprint density at radius 2 is 1.80 bits per heavy atom. The van der Waals surface area contributed by atoms with Crippen LogP contribution in [0.5, 0.6) is 5.88 Å². The molecule has 2 aromatic heterocycles. The van der Waals surface area contributed by atoms with E-state index < -0.39 is 23.3 Å². The van der Waals surface area contributed by atoms with Crippen molar-refractivity contribution in [3.05, 3.63) is 97.8 Å². The van der Waals surface area contributed by atoms with E-state index in [1.807, 2.05) is 60.8 Å². The van der Waals surface area contributed by atoms with Crippen molar-refractivity contribution in [2.75, 3.05) is 6.54 Å². The number of H-pyrrole nitrogens is 2. The minimum Gasteiger partial charge on any atom is -0.494 e. The Balaban J connectivity index is 1.70. The van der Waals surface area contributed by atoms with Gasteiger partial charge in [-0.1, -0.05) is 48.5 Å². The van der Waals surface area contributed by atoms with Crippen LogP contribution in [0, 0.1) is 0 Å². The second-order valence-corrected chi connectivity index (χ2v) is 7.77. The third-order valence-corrected chi connectivity index (χ3v) is 6.09. The standard InChI is InChI=1S/C23H22N4O3/c1-13(14-7-3-2-4-8-14)27-22(29)18(21(28)26-23(27)30)20-19-16(11-12-24-20)15-9-5-6-10-17(15)25-19/h2-10,13,20,24-25,29H,11-12H2,1H3,(H,26,28,30)/p+1/t13-,20+/m1/s1. The molecule has 2 atom stereocenters. The minimum absolute atomic E-state index is 0.199. The molecule has 0 saturated heterocycles. The predicted molar refractivity (Wildman–Crippen MR) is 114 cm³/mol. The first-order chi connectivity index (χ1) is 14.6. The van der Waals surface area contributed by atoms with Crippen molar-refractivity contribution >= 4 is 10.9 Å². The first kappa shape index (κ1) is 18.4. The molecule has 0 amide bonds. The van der Waals surface area contributed by atoms with Crippen LogP contribution in [0.15, 0.2) is 64.2 Å². The van der Waals surface area contributed by atoms with E-state index >= 15 is 0 Å². The summed E-state index contributed by atoms with van der Waals surface area (Å²) in [6.07, 6.45) is 0.870. The van der Waals surface area contributed by atoms with E-state index in [0.717, 1.165) is 40.7 Å². The number of hydrogen-bond donors (Lipinski definition) is 4. The number of aromatic nitrogens is 3. The normalized spacial score (nSPS) is 17.0. The van der Waals surface area contributed by atoms with Crippen LogP contribution in [0.2, 0.25) is 0 Å². The summed E-state index contributed by atoms with van der Waals surface area (Å²) >= 11 is 0. The fourth-order valence-corrected chi connectivity index (χ4v) is 4.60. The van der Waals surface area contributed by atoms with Gasteiger partial charge in [-0.25, -0.2) is 4.79 Å². The lowest BCUT2D eigenvalue weighted by Gasteiger charge is -2.24. The van der Waals surface area contributed by atoms with Crippen LogP contribution in [-0.2, 0) is 6.42 Å². The molecule has 0 unspecified atom stereocenters. The van der Waals surface area contributed by atoms with Crippen LogP contribution in [-0.4, -0.2) is 26.2 Å². The number of aromatic hydroxyl groups is 1. The summed E-state index contributed by atoms with van der Waals surface area (Å²) in [7, 11) is 0. The SMILES string of the molecule is C[C@H](c1ccccc1)n1c(O)c([C@@H]2[NH2+]CCc3c2[nH]c2ccccc32)c(=O)[nH]c1=O. The number of nitrogens with two attached hydrogens (primary N) is 1. The fourth-order valence-electron chi connectivity index (χ4n) is 4.60. The first-order valence-electron chi connectivity index (χ1n) is 10.1. The zero-order valence-corrected chi connectivity index (χ0v) is 16.6. The van der Waals surface area contributed by atoms with E-state index in [0.29, 0.717) is 0 Å². The molecule has 5 N–H and O–H groups in total. The highest BCUT2D eigenvalue weighted by molar-refractivity contribution is 5.85. The number of rotatable bonds is 3. The molecule has 7 nitrogen and oxygen atoms in total. The summed E-state index contributed by atoms with van der Waals surface area (Å²) in [4.78, 5) is 31.3. The molecule has 3 heterocycles. The van der Waals surface area contributed by atoms with Gasteiger partial charge in [0.25, 0.3) is 5.56 Å². The van der Waals surface area contributed by atoms with E-state index in [9.17, 15) is 14.7 Å². The predicted octanol–water partition coefficient (Wildman–Crippen LogP) is 1.54. The van der Waals surface area contributed by atoms with E-state index in [2.05, 4.69) is 16.0 Å². The topological polar surface area (TPSA) is 107 Å². The number of para-hydroxylation sites is 1. The molecule has 152 valence electrons. The second kappa shape index (κ2) is 7.03. The van der Waals surface area contributed by atoms with E-state index in [1.54, 1.807) is 0 Å². The molecule has 7 heteroatoms. The Kier molecular flexibility index (Phi) is 4.33. The Bertz CT molecular complexity index is 1350. The zero-order chi connectivity index (χ0) is 20.8. The Morgan fingerprint density at radius 3 is 2.60 bits per heavy atom.